The first-order chi connectivity index (χ1) is 14.1. The van der Waals surface area contributed by atoms with E-state index in [1.165, 1.54) is 18.3 Å². The van der Waals surface area contributed by atoms with Crippen LogP contribution in [0.15, 0.2) is 47.6 Å². The monoisotopic (exact) mass is 397 g/mol. The van der Waals surface area contributed by atoms with Gasteiger partial charge in [-0.05, 0) is 31.0 Å². The Kier molecular flexibility index (Phi) is 6.62. The lowest BCUT2D eigenvalue weighted by Crippen LogP contribution is -2.26. The maximum absolute atomic E-state index is 12.1. The minimum Gasteiger partial charge on any atom is -0.495 e. The van der Waals surface area contributed by atoms with Gasteiger partial charge in [-0.2, -0.15) is 5.10 Å². The second kappa shape index (κ2) is 9.54. The zero-order valence-electron chi connectivity index (χ0n) is 16.1. The standard InChI is InChI=1S/C20H23N5O4/c1-29-19-7-3-2-6-17(19)21-14-20(26)23-22-13-15-12-16(25(27)28)8-9-18(15)24-10-4-5-11-24/h2-3,6-9,12-13,21H,4-5,10-11,14H2,1H3,(H,23,26)/b22-13-. The van der Waals surface area contributed by atoms with Crippen LogP contribution in [0.3, 0.4) is 0 Å². The van der Waals surface area contributed by atoms with Crippen LogP contribution in [0.1, 0.15) is 18.4 Å². The highest BCUT2D eigenvalue weighted by molar-refractivity contribution is 5.90. The maximum Gasteiger partial charge on any atom is 0.270 e. The summed E-state index contributed by atoms with van der Waals surface area (Å²) in [7, 11) is 1.56. The molecule has 1 fully saturated rings. The van der Waals surface area contributed by atoms with Crippen LogP contribution in [-0.4, -0.2) is 43.8 Å². The molecular weight excluding hydrogens is 374 g/mol. The number of hydrogen-bond acceptors (Lipinski definition) is 7. The molecule has 0 aliphatic carbocycles. The Morgan fingerprint density at radius 1 is 1.28 bits per heavy atom. The fourth-order valence-electron chi connectivity index (χ4n) is 3.18. The van der Waals surface area contributed by atoms with Crippen molar-refractivity contribution in [1.29, 1.82) is 0 Å². The van der Waals surface area contributed by atoms with Crippen molar-refractivity contribution in [2.75, 3.05) is 37.0 Å². The molecule has 2 N–H and O–H groups in total. The lowest BCUT2D eigenvalue weighted by Gasteiger charge is -2.19. The fourth-order valence-corrected chi connectivity index (χ4v) is 3.18. The third-order valence-corrected chi connectivity index (χ3v) is 4.61. The number of benzene rings is 2. The van der Waals surface area contributed by atoms with E-state index in [1.54, 1.807) is 25.3 Å². The summed E-state index contributed by atoms with van der Waals surface area (Å²) in [6.07, 6.45) is 3.61. The van der Waals surface area contributed by atoms with Crippen LogP contribution < -0.4 is 20.4 Å². The van der Waals surface area contributed by atoms with Crippen LogP contribution in [0.5, 0.6) is 5.75 Å². The van der Waals surface area contributed by atoms with E-state index >= 15 is 0 Å². The van der Waals surface area contributed by atoms with Crippen molar-refractivity contribution in [3.63, 3.8) is 0 Å². The molecule has 0 aromatic heterocycles. The van der Waals surface area contributed by atoms with E-state index in [4.69, 9.17) is 4.74 Å². The van der Waals surface area contributed by atoms with Crippen LogP contribution in [0.25, 0.3) is 0 Å². The Hall–Kier alpha value is -3.62. The average Bonchev–Trinajstić information content (AvgIpc) is 3.27. The highest BCUT2D eigenvalue weighted by Crippen LogP contribution is 2.27. The normalized spacial score (nSPS) is 13.5. The number of nitro benzene ring substituents is 1. The molecule has 1 aliphatic rings. The molecule has 2 aromatic carbocycles. The maximum atomic E-state index is 12.1. The Balaban J connectivity index is 1.64. The molecule has 1 aliphatic heterocycles. The van der Waals surface area contributed by atoms with E-state index in [-0.39, 0.29) is 18.1 Å². The molecule has 0 bridgehead atoms. The number of ether oxygens (including phenoxy) is 1. The highest BCUT2D eigenvalue weighted by Gasteiger charge is 2.18. The number of hydrogen-bond donors (Lipinski definition) is 2. The number of nitrogens with one attached hydrogen (secondary N) is 2. The first-order valence-electron chi connectivity index (χ1n) is 9.30. The zero-order chi connectivity index (χ0) is 20.6. The van der Waals surface area contributed by atoms with Crippen molar-refractivity contribution in [3.05, 3.63) is 58.1 Å². The number of hydrazone groups is 1. The lowest BCUT2D eigenvalue weighted by molar-refractivity contribution is -0.384. The number of carbonyl (C=O) groups is 1. The summed E-state index contributed by atoms with van der Waals surface area (Å²) in [5, 5.41) is 18.1. The van der Waals surface area contributed by atoms with Gasteiger partial charge in [0.15, 0.2) is 0 Å². The number of carbonyl (C=O) groups excluding carboxylic acids is 1. The summed E-state index contributed by atoms with van der Waals surface area (Å²) in [5.74, 6) is 0.288. The number of para-hydroxylation sites is 2. The van der Waals surface area contributed by atoms with Gasteiger partial charge in [0.05, 0.1) is 30.5 Å². The molecular formula is C20H23N5O4. The predicted octanol–water partition coefficient (Wildman–Crippen LogP) is 2.77. The van der Waals surface area contributed by atoms with Crippen molar-refractivity contribution in [2.24, 2.45) is 5.10 Å². The zero-order valence-corrected chi connectivity index (χ0v) is 16.1. The molecule has 1 heterocycles. The van der Waals surface area contributed by atoms with Gasteiger partial charge in [-0.25, -0.2) is 5.43 Å². The van der Waals surface area contributed by atoms with Gasteiger partial charge in [0.25, 0.3) is 11.6 Å². The SMILES string of the molecule is COc1ccccc1NCC(=O)N/N=C\c1cc([N+](=O)[O-])ccc1N1CCCC1. The third-order valence-electron chi connectivity index (χ3n) is 4.61. The summed E-state index contributed by atoms with van der Waals surface area (Å²) in [6.45, 7) is 1.80. The smallest absolute Gasteiger partial charge is 0.270 e. The van der Waals surface area contributed by atoms with E-state index in [9.17, 15) is 14.9 Å². The lowest BCUT2D eigenvalue weighted by atomic mass is 10.1. The summed E-state index contributed by atoms with van der Waals surface area (Å²) in [6, 6.07) is 12.0. The first kappa shape index (κ1) is 20.1. The number of methoxy groups -OCH3 is 1. The Morgan fingerprint density at radius 3 is 2.76 bits per heavy atom. The van der Waals surface area contributed by atoms with Crippen LogP contribution in [0.4, 0.5) is 17.1 Å². The summed E-state index contributed by atoms with van der Waals surface area (Å²) in [4.78, 5) is 24.9. The molecule has 152 valence electrons. The molecule has 0 saturated carbocycles. The first-order valence-corrected chi connectivity index (χ1v) is 9.30. The van der Waals surface area contributed by atoms with Crippen LogP contribution in [0.2, 0.25) is 0 Å². The fraction of sp³-hybridized carbons (Fsp3) is 0.300. The minimum absolute atomic E-state index is 0.00559. The average molecular weight is 397 g/mol. The van der Waals surface area contributed by atoms with Crippen LogP contribution >= 0.6 is 0 Å². The van der Waals surface area contributed by atoms with Gasteiger partial charge in [-0.1, -0.05) is 12.1 Å². The van der Waals surface area contributed by atoms with Gasteiger partial charge in [0.2, 0.25) is 0 Å². The molecule has 0 atom stereocenters. The number of anilines is 2. The largest absolute Gasteiger partial charge is 0.495 e. The van der Waals surface area contributed by atoms with E-state index < -0.39 is 4.92 Å². The van der Waals surface area contributed by atoms with Gasteiger partial charge >= 0.3 is 0 Å². The molecule has 3 rings (SSSR count). The highest BCUT2D eigenvalue weighted by atomic mass is 16.6. The van der Waals surface area contributed by atoms with Crippen LogP contribution in [-0.2, 0) is 4.79 Å². The van der Waals surface area contributed by atoms with Gasteiger partial charge in [0.1, 0.15) is 5.75 Å². The van der Waals surface area contributed by atoms with Gasteiger partial charge < -0.3 is 15.0 Å². The number of nitrogens with zero attached hydrogens (tertiary/aromatic N) is 3. The van der Waals surface area contributed by atoms with E-state index in [0.717, 1.165) is 31.6 Å². The Morgan fingerprint density at radius 2 is 2.03 bits per heavy atom. The summed E-state index contributed by atoms with van der Waals surface area (Å²) >= 11 is 0. The summed E-state index contributed by atoms with van der Waals surface area (Å²) < 4.78 is 5.23. The molecule has 9 heteroatoms. The van der Waals surface area contributed by atoms with E-state index in [1.807, 2.05) is 12.1 Å². The number of non-ortho nitro benzene ring substituents is 1. The molecule has 0 spiro atoms. The third kappa shape index (κ3) is 5.22. The molecule has 29 heavy (non-hydrogen) atoms. The minimum atomic E-state index is -0.444. The predicted molar refractivity (Wildman–Crippen MR) is 112 cm³/mol. The van der Waals surface area contributed by atoms with Gasteiger partial charge in [-0.3, -0.25) is 14.9 Å². The number of amides is 1. The number of nitro groups is 1. The van der Waals surface area contributed by atoms with Crippen LogP contribution in [0, 0.1) is 10.1 Å². The van der Waals surface area contributed by atoms with Crippen molar-refractivity contribution in [1.82, 2.24) is 5.43 Å². The van der Waals surface area contributed by atoms with E-state index in [0.29, 0.717) is 17.0 Å². The second-order valence-corrected chi connectivity index (χ2v) is 6.54. The molecule has 0 unspecified atom stereocenters. The second-order valence-electron chi connectivity index (χ2n) is 6.54. The molecule has 0 radical (unpaired) electrons. The molecule has 9 nitrogen and oxygen atoms in total. The Labute approximate surface area is 168 Å². The number of rotatable bonds is 8. The molecule has 2 aromatic rings. The Bertz CT molecular complexity index is 909. The molecule has 1 amide bonds. The van der Waals surface area contributed by atoms with Gasteiger partial charge in [0, 0.05) is 36.5 Å². The van der Waals surface area contributed by atoms with Crippen molar-refractivity contribution in [3.8, 4) is 5.75 Å². The van der Waals surface area contributed by atoms with Gasteiger partial charge in [-0.15, -0.1) is 0 Å². The molecule has 1 saturated heterocycles. The van der Waals surface area contributed by atoms with Crippen molar-refractivity contribution >= 4 is 29.2 Å². The summed E-state index contributed by atoms with van der Waals surface area (Å²) in [5.41, 5.74) is 4.60. The quantitative estimate of drug-likeness (QED) is 0.403. The van der Waals surface area contributed by atoms with Crippen molar-refractivity contribution < 1.29 is 14.5 Å². The van der Waals surface area contributed by atoms with E-state index in [2.05, 4.69) is 20.7 Å². The van der Waals surface area contributed by atoms with Crippen molar-refractivity contribution in [2.45, 2.75) is 12.8 Å². The topological polar surface area (TPSA) is 109 Å².